The maximum absolute atomic E-state index is 6.23. The normalized spacial score (nSPS) is 11.0. The zero-order chi connectivity index (χ0) is 29.9. The minimum absolute atomic E-state index is 0.641. The summed E-state index contributed by atoms with van der Waals surface area (Å²) in [6.07, 6.45) is 0. The molecule has 0 saturated heterocycles. The van der Waals surface area contributed by atoms with Crippen LogP contribution in [0.3, 0.4) is 0 Å². The smallest absolute Gasteiger partial charge is 0.164 e. The molecule has 1 heterocycles. The van der Waals surface area contributed by atoms with E-state index >= 15 is 0 Å². The molecular formula is C39H31N5. The molecule has 1 aromatic heterocycles. The van der Waals surface area contributed by atoms with Gasteiger partial charge in [0.05, 0.1) is 11.4 Å². The Morgan fingerprint density at radius 1 is 0.500 bits per heavy atom. The van der Waals surface area contributed by atoms with E-state index in [2.05, 4.69) is 72.6 Å². The lowest BCUT2D eigenvalue weighted by atomic mass is 9.94. The van der Waals surface area contributed by atoms with Crippen molar-refractivity contribution in [2.24, 2.45) is 0 Å². The molecule has 5 heteroatoms. The van der Waals surface area contributed by atoms with E-state index in [1.807, 2.05) is 84.9 Å². The first-order chi connectivity index (χ1) is 21.6. The van der Waals surface area contributed by atoms with Gasteiger partial charge in [0.15, 0.2) is 17.5 Å². The van der Waals surface area contributed by atoms with Crippen molar-refractivity contribution in [3.05, 3.63) is 151 Å². The maximum atomic E-state index is 6.23. The molecule has 0 aliphatic heterocycles. The third kappa shape index (κ3) is 5.51. The van der Waals surface area contributed by atoms with Crippen LogP contribution in [0.1, 0.15) is 5.56 Å². The van der Waals surface area contributed by atoms with Gasteiger partial charge in [-0.15, -0.1) is 0 Å². The van der Waals surface area contributed by atoms with Crippen LogP contribution in [0.25, 0.3) is 56.1 Å². The van der Waals surface area contributed by atoms with Gasteiger partial charge < -0.3 is 10.6 Å². The number of hydrogen-bond donors (Lipinski definition) is 1. The van der Waals surface area contributed by atoms with E-state index in [4.69, 9.17) is 20.7 Å². The second-order valence-corrected chi connectivity index (χ2v) is 10.9. The highest BCUT2D eigenvalue weighted by Crippen LogP contribution is 2.36. The number of para-hydroxylation sites is 2. The van der Waals surface area contributed by atoms with Crippen molar-refractivity contribution in [1.82, 2.24) is 15.0 Å². The molecule has 212 valence electrons. The van der Waals surface area contributed by atoms with Gasteiger partial charge >= 0.3 is 0 Å². The van der Waals surface area contributed by atoms with Crippen LogP contribution in [0.4, 0.5) is 11.4 Å². The Morgan fingerprint density at radius 3 is 1.59 bits per heavy atom. The first kappa shape index (κ1) is 27.0. The molecule has 0 aliphatic carbocycles. The van der Waals surface area contributed by atoms with Crippen molar-refractivity contribution >= 4 is 22.1 Å². The molecule has 7 aromatic rings. The minimum Gasteiger partial charge on any atom is -0.397 e. The second-order valence-electron chi connectivity index (χ2n) is 10.9. The van der Waals surface area contributed by atoms with Crippen LogP contribution in [0.2, 0.25) is 0 Å². The first-order valence-electron chi connectivity index (χ1n) is 14.7. The summed E-state index contributed by atoms with van der Waals surface area (Å²) in [5, 5.41) is 2.29. The Hall–Kier alpha value is -5.81. The molecule has 0 spiro atoms. The van der Waals surface area contributed by atoms with Crippen molar-refractivity contribution in [2.45, 2.75) is 6.54 Å². The van der Waals surface area contributed by atoms with Crippen molar-refractivity contribution in [3.8, 4) is 45.3 Å². The molecule has 0 bridgehead atoms. The van der Waals surface area contributed by atoms with Crippen LogP contribution < -0.4 is 10.6 Å². The molecule has 6 aromatic carbocycles. The van der Waals surface area contributed by atoms with Crippen molar-refractivity contribution < 1.29 is 0 Å². The van der Waals surface area contributed by atoms with E-state index in [0.29, 0.717) is 17.5 Å². The highest BCUT2D eigenvalue weighted by Gasteiger charge is 2.17. The Morgan fingerprint density at radius 2 is 1.00 bits per heavy atom. The molecule has 5 nitrogen and oxygen atoms in total. The SMILES string of the molecule is CN(Cc1ccc(-c2cc3ccccc3cc2-c2nc(-c3ccccc3)nc(-c3ccccc3)n2)cc1)c1ccccc1N. The van der Waals surface area contributed by atoms with Crippen LogP contribution in [0, 0.1) is 0 Å². The zero-order valence-corrected chi connectivity index (χ0v) is 24.4. The van der Waals surface area contributed by atoms with E-state index in [1.165, 1.54) is 5.56 Å². The Bertz CT molecular complexity index is 2000. The first-order valence-corrected chi connectivity index (χ1v) is 14.7. The van der Waals surface area contributed by atoms with Gasteiger partial charge in [0.1, 0.15) is 0 Å². The fourth-order valence-corrected chi connectivity index (χ4v) is 5.58. The molecule has 0 saturated carbocycles. The molecule has 44 heavy (non-hydrogen) atoms. The Kier molecular flexibility index (Phi) is 7.27. The van der Waals surface area contributed by atoms with Gasteiger partial charge in [0.25, 0.3) is 0 Å². The van der Waals surface area contributed by atoms with E-state index in [1.54, 1.807) is 0 Å². The van der Waals surface area contributed by atoms with E-state index in [9.17, 15) is 0 Å². The molecule has 0 fully saturated rings. The summed E-state index contributed by atoms with van der Waals surface area (Å²) in [6.45, 7) is 0.743. The lowest BCUT2D eigenvalue weighted by Crippen LogP contribution is -2.17. The predicted octanol–water partition coefficient (Wildman–Crippen LogP) is 8.91. The van der Waals surface area contributed by atoms with E-state index < -0.39 is 0 Å². The third-order valence-corrected chi connectivity index (χ3v) is 7.86. The highest BCUT2D eigenvalue weighted by molar-refractivity contribution is 5.95. The van der Waals surface area contributed by atoms with Gasteiger partial charge in [0, 0.05) is 30.3 Å². The monoisotopic (exact) mass is 569 g/mol. The summed E-state index contributed by atoms with van der Waals surface area (Å²) in [4.78, 5) is 17.2. The van der Waals surface area contributed by atoms with Gasteiger partial charge in [-0.2, -0.15) is 0 Å². The Labute approximate surface area is 257 Å². The lowest BCUT2D eigenvalue weighted by Gasteiger charge is -2.21. The number of aromatic nitrogens is 3. The van der Waals surface area contributed by atoms with Crippen LogP contribution in [0.15, 0.2) is 146 Å². The Balaban J connectivity index is 1.34. The number of nitrogens with two attached hydrogens (primary N) is 1. The summed E-state index contributed by atoms with van der Waals surface area (Å²) in [5.74, 6) is 1.93. The quantitative estimate of drug-likeness (QED) is 0.194. The van der Waals surface area contributed by atoms with Gasteiger partial charge in [-0.3, -0.25) is 0 Å². The molecule has 0 amide bonds. The van der Waals surface area contributed by atoms with Gasteiger partial charge in [-0.05, 0) is 51.7 Å². The van der Waals surface area contributed by atoms with Crippen molar-refractivity contribution in [3.63, 3.8) is 0 Å². The summed E-state index contributed by atoms with van der Waals surface area (Å²) in [5.41, 5.74) is 14.2. The molecule has 7 rings (SSSR count). The largest absolute Gasteiger partial charge is 0.397 e. The number of nitrogens with zero attached hydrogens (tertiary/aromatic N) is 4. The summed E-state index contributed by atoms with van der Waals surface area (Å²) < 4.78 is 0. The zero-order valence-electron chi connectivity index (χ0n) is 24.4. The lowest BCUT2D eigenvalue weighted by molar-refractivity contribution is 0.925. The summed E-state index contributed by atoms with van der Waals surface area (Å²) in [7, 11) is 2.07. The number of fused-ring (bicyclic) bond motifs is 1. The standard InChI is InChI=1S/C39H31N5/c1-44(36-19-11-10-18-35(36)40)26-27-20-22-28(23-21-27)33-24-31-16-8-9-17-32(31)25-34(33)39-42-37(29-12-4-2-5-13-29)41-38(43-39)30-14-6-3-7-15-30/h2-25H,26,40H2,1H3. The number of hydrogen-bond acceptors (Lipinski definition) is 5. The van der Waals surface area contributed by atoms with Crippen molar-refractivity contribution in [1.29, 1.82) is 0 Å². The average molecular weight is 570 g/mol. The third-order valence-electron chi connectivity index (χ3n) is 7.86. The molecule has 0 unspecified atom stereocenters. The fourth-order valence-electron chi connectivity index (χ4n) is 5.58. The van der Waals surface area contributed by atoms with Crippen LogP contribution in [-0.4, -0.2) is 22.0 Å². The topological polar surface area (TPSA) is 67.9 Å². The fraction of sp³-hybridized carbons (Fsp3) is 0.0513. The summed E-state index contributed by atoms with van der Waals surface area (Å²) in [6, 6.07) is 49.7. The van der Waals surface area contributed by atoms with Crippen LogP contribution in [-0.2, 0) is 6.54 Å². The number of rotatable bonds is 7. The van der Waals surface area contributed by atoms with Crippen LogP contribution >= 0.6 is 0 Å². The van der Waals surface area contributed by atoms with Gasteiger partial charge in [-0.25, -0.2) is 15.0 Å². The predicted molar refractivity (Wildman–Crippen MR) is 182 cm³/mol. The average Bonchev–Trinajstić information content (AvgIpc) is 3.09. The minimum atomic E-state index is 0.641. The van der Waals surface area contributed by atoms with E-state index in [0.717, 1.165) is 56.5 Å². The molecule has 0 atom stereocenters. The molecule has 0 radical (unpaired) electrons. The molecule has 0 aliphatic rings. The number of benzene rings is 6. The van der Waals surface area contributed by atoms with Gasteiger partial charge in [-0.1, -0.05) is 121 Å². The summed E-state index contributed by atoms with van der Waals surface area (Å²) >= 11 is 0. The second kappa shape index (κ2) is 11.8. The van der Waals surface area contributed by atoms with Crippen molar-refractivity contribution in [2.75, 3.05) is 17.7 Å². The van der Waals surface area contributed by atoms with Crippen LogP contribution in [0.5, 0.6) is 0 Å². The van der Waals surface area contributed by atoms with Gasteiger partial charge in [0.2, 0.25) is 0 Å². The number of anilines is 2. The van der Waals surface area contributed by atoms with E-state index in [-0.39, 0.29) is 0 Å². The highest BCUT2D eigenvalue weighted by atomic mass is 15.1. The number of nitrogen functional groups attached to an aromatic ring is 1. The molecule has 2 N–H and O–H groups in total. The molecular weight excluding hydrogens is 538 g/mol. The maximum Gasteiger partial charge on any atom is 0.164 e.